The summed E-state index contributed by atoms with van der Waals surface area (Å²) < 4.78 is 7.72. The highest BCUT2D eigenvalue weighted by Crippen LogP contribution is 2.34. The van der Waals surface area contributed by atoms with Crippen LogP contribution in [0.1, 0.15) is 61.5 Å². The third-order valence-electron chi connectivity index (χ3n) is 4.48. The van der Waals surface area contributed by atoms with E-state index < -0.39 is 0 Å². The van der Waals surface area contributed by atoms with Crippen LogP contribution in [0.2, 0.25) is 0 Å². The van der Waals surface area contributed by atoms with E-state index in [9.17, 15) is 0 Å². The van der Waals surface area contributed by atoms with Crippen LogP contribution in [0, 0.1) is 0 Å². The molecule has 0 bridgehead atoms. The van der Waals surface area contributed by atoms with Crippen molar-refractivity contribution in [2.45, 2.75) is 56.9 Å². The fourth-order valence-corrected chi connectivity index (χ4v) is 3.32. The van der Waals surface area contributed by atoms with E-state index in [1.165, 1.54) is 25.7 Å². The van der Waals surface area contributed by atoms with Crippen LogP contribution in [0.3, 0.4) is 0 Å². The smallest absolute Gasteiger partial charge is 0.230 e. The summed E-state index contributed by atoms with van der Waals surface area (Å²) >= 11 is 0. The van der Waals surface area contributed by atoms with Crippen molar-refractivity contribution in [3.8, 4) is 0 Å². The molecule has 0 saturated heterocycles. The van der Waals surface area contributed by atoms with Gasteiger partial charge >= 0.3 is 0 Å². The number of fused-ring (bicyclic) bond motifs is 1. The van der Waals surface area contributed by atoms with Crippen molar-refractivity contribution >= 4 is 0 Å². The number of imidazole rings is 1. The van der Waals surface area contributed by atoms with Gasteiger partial charge < -0.3 is 9.09 Å². The topological polar surface area (TPSA) is 56.7 Å². The molecule has 2 aromatic heterocycles. The summed E-state index contributed by atoms with van der Waals surface area (Å²) in [5.74, 6) is 3.76. The third kappa shape index (κ3) is 1.97. The molecular formula is C14H18N4O. The van der Waals surface area contributed by atoms with Gasteiger partial charge in [-0.1, -0.05) is 18.0 Å². The van der Waals surface area contributed by atoms with Crippen molar-refractivity contribution in [1.29, 1.82) is 0 Å². The van der Waals surface area contributed by atoms with Gasteiger partial charge in [0.1, 0.15) is 5.82 Å². The molecule has 1 saturated carbocycles. The van der Waals surface area contributed by atoms with Gasteiger partial charge in [-0.05, 0) is 19.3 Å². The third-order valence-corrected chi connectivity index (χ3v) is 4.48. The van der Waals surface area contributed by atoms with E-state index in [0.29, 0.717) is 11.8 Å². The van der Waals surface area contributed by atoms with E-state index in [1.807, 2.05) is 12.4 Å². The van der Waals surface area contributed by atoms with Gasteiger partial charge in [-0.15, -0.1) is 0 Å². The van der Waals surface area contributed by atoms with Crippen LogP contribution >= 0.6 is 0 Å². The molecule has 0 aromatic carbocycles. The maximum absolute atomic E-state index is 5.51. The second-order valence-electron chi connectivity index (χ2n) is 5.70. The zero-order valence-corrected chi connectivity index (χ0v) is 11.0. The zero-order chi connectivity index (χ0) is 12.7. The molecular weight excluding hydrogens is 240 g/mol. The molecule has 4 rings (SSSR count). The predicted molar refractivity (Wildman–Crippen MR) is 68.8 cm³/mol. The molecule has 1 aliphatic carbocycles. The van der Waals surface area contributed by atoms with Crippen LogP contribution < -0.4 is 0 Å². The summed E-state index contributed by atoms with van der Waals surface area (Å²) in [6.45, 7) is 1.00. The summed E-state index contributed by atoms with van der Waals surface area (Å²) in [6, 6.07) is 0. The van der Waals surface area contributed by atoms with E-state index >= 15 is 0 Å². The fraction of sp³-hybridized carbons (Fsp3) is 0.643. The molecule has 5 nitrogen and oxygen atoms in total. The lowest BCUT2D eigenvalue weighted by Gasteiger charge is -2.20. The average molecular weight is 258 g/mol. The van der Waals surface area contributed by atoms with E-state index in [0.717, 1.165) is 36.9 Å². The van der Waals surface area contributed by atoms with Crippen molar-refractivity contribution in [3.05, 3.63) is 29.9 Å². The Labute approximate surface area is 112 Å². The minimum atomic E-state index is 0.345. The first-order chi connectivity index (χ1) is 9.40. The lowest BCUT2D eigenvalue weighted by Crippen LogP contribution is -2.18. The van der Waals surface area contributed by atoms with Crippen molar-refractivity contribution in [2.75, 3.05) is 0 Å². The van der Waals surface area contributed by atoms with E-state index in [4.69, 9.17) is 4.52 Å². The largest absolute Gasteiger partial charge is 0.339 e. The molecule has 19 heavy (non-hydrogen) atoms. The van der Waals surface area contributed by atoms with Crippen molar-refractivity contribution in [1.82, 2.24) is 19.7 Å². The first-order valence-corrected chi connectivity index (χ1v) is 7.23. The Hall–Kier alpha value is -1.65. The minimum Gasteiger partial charge on any atom is -0.339 e. The van der Waals surface area contributed by atoms with Gasteiger partial charge in [0.25, 0.3) is 0 Å². The summed E-state index contributed by atoms with van der Waals surface area (Å²) in [5.41, 5.74) is 0. The molecule has 1 fully saturated rings. The summed E-state index contributed by atoms with van der Waals surface area (Å²) in [7, 11) is 0. The first-order valence-electron chi connectivity index (χ1n) is 7.23. The number of nitrogens with zero attached hydrogens (tertiary/aromatic N) is 4. The van der Waals surface area contributed by atoms with Crippen LogP contribution in [0.4, 0.5) is 0 Å². The van der Waals surface area contributed by atoms with E-state index in [2.05, 4.69) is 19.7 Å². The Balaban J connectivity index is 1.54. The molecule has 100 valence electrons. The molecule has 2 aromatic rings. The highest BCUT2D eigenvalue weighted by Gasteiger charge is 2.28. The monoisotopic (exact) mass is 258 g/mol. The molecule has 0 radical (unpaired) electrons. The Morgan fingerprint density at radius 2 is 2.05 bits per heavy atom. The van der Waals surface area contributed by atoms with Gasteiger partial charge in [0, 0.05) is 37.2 Å². The van der Waals surface area contributed by atoms with Gasteiger partial charge in [-0.2, -0.15) is 4.98 Å². The Kier molecular flexibility index (Phi) is 2.64. The van der Waals surface area contributed by atoms with Crippen LogP contribution in [-0.2, 0) is 13.0 Å². The quantitative estimate of drug-likeness (QED) is 0.831. The lowest BCUT2D eigenvalue weighted by molar-refractivity contribution is 0.320. The summed E-state index contributed by atoms with van der Waals surface area (Å²) in [4.78, 5) is 9.05. The predicted octanol–water partition coefficient (Wildman–Crippen LogP) is 2.65. The Bertz CT molecular complexity index is 568. The molecule has 5 heteroatoms. The Morgan fingerprint density at radius 3 is 2.95 bits per heavy atom. The van der Waals surface area contributed by atoms with Gasteiger partial charge in [0.15, 0.2) is 5.82 Å². The maximum Gasteiger partial charge on any atom is 0.230 e. The van der Waals surface area contributed by atoms with Crippen LogP contribution in [0.5, 0.6) is 0 Å². The highest BCUT2D eigenvalue weighted by atomic mass is 16.5. The highest BCUT2D eigenvalue weighted by molar-refractivity contribution is 5.07. The number of aromatic nitrogens is 4. The standard InChI is InChI=1S/C14H18N4O/c1-2-4-10(3-1)13-16-14(19-17-13)11-5-7-18-8-6-15-12(18)9-11/h6,8,10-11H,1-5,7,9H2. The van der Waals surface area contributed by atoms with Crippen molar-refractivity contribution in [2.24, 2.45) is 0 Å². The van der Waals surface area contributed by atoms with Gasteiger partial charge in [0.2, 0.25) is 5.89 Å². The van der Waals surface area contributed by atoms with Gasteiger partial charge in [-0.3, -0.25) is 0 Å². The van der Waals surface area contributed by atoms with Crippen molar-refractivity contribution < 1.29 is 4.52 Å². The SMILES string of the molecule is c1cn2c(n1)CC(c1nc(C3CCCC3)no1)CC2. The summed E-state index contributed by atoms with van der Waals surface area (Å²) in [5, 5.41) is 4.20. The zero-order valence-electron chi connectivity index (χ0n) is 11.0. The molecule has 3 heterocycles. The molecule has 1 aliphatic heterocycles. The Morgan fingerprint density at radius 1 is 1.16 bits per heavy atom. The van der Waals surface area contributed by atoms with Crippen LogP contribution in [-0.4, -0.2) is 19.7 Å². The van der Waals surface area contributed by atoms with Crippen LogP contribution in [0.25, 0.3) is 0 Å². The number of hydrogen-bond donors (Lipinski definition) is 0. The molecule has 0 spiro atoms. The van der Waals surface area contributed by atoms with Gasteiger partial charge in [-0.25, -0.2) is 4.98 Å². The second kappa shape index (κ2) is 4.47. The molecule has 1 atom stereocenters. The molecule has 0 N–H and O–H groups in total. The first kappa shape index (κ1) is 11.2. The molecule has 1 unspecified atom stereocenters. The second-order valence-corrected chi connectivity index (χ2v) is 5.70. The average Bonchev–Trinajstić information content (AvgIpc) is 3.18. The van der Waals surface area contributed by atoms with Crippen LogP contribution in [0.15, 0.2) is 16.9 Å². The number of hydrogen-bond acceptors (Lipinski definition) is 4. The normalized spacial score (nSPS) is 23.7. The van der Waals surface area contributed by atoms with E-state index in [1.54, 1.807) is 0 Å². The maximum atomic E-state index is 5.51. The van der Waals surface area contributed by atoms with Gasteiger partial charge in [0.05, 0.1) is 0 Å². The fourth-order valence-electron chi connectivity index (χ4n) is 3.32. The number of aryl methyl sites for hydroxylation is 1. The number of rotatable bonds is 2. The molecule has 2 aliphatic rings. The van der Waals surface area contributed by atoms with Crippen molar-refractivity contribution in [3.63, 3.8) is 0 Å². The summed E-state index contributed by atoms with van der Waals surface area (Å²) in [6.07, 6.45) is 10.9. The lowest BCUT2D eigenvalue weighted by atomic mass is 9.98. The minimum absolute atomic E-state index is 0.345. The van der Waals surface area contributed by atoms with E-state index in [-0.39, 0.29) is 0 Å². The molecule has 0 amide bonds.